The summed E-state index contributed by atoms with van der Waals surface area (Å²) in [5.74, 6) is 0.146. The molecule has 1 N–H and O–H groups in total. The molecule has 0 radical (unpaired) electrons. The molecule has 3 nitrogen and oxygen atoms in total. The van der Waals surface area contributed by atoms with Crippen LogP contribution in [0.1, 0.15) is 27.1 Å². The van der Waals surface area contributed by atoms with Crippen molar-refractivity contribution in [1.82, 2.24) is 10.3 Å². The third-order valence-corrected chi connectivity index (χ3v) is 3.60. The van der Waals surface area contributed by atoms with E-state index >= 15 is 0 Å². The first-order valence-corrected chi connectivity index (χ1v) is 6.96. The Hall–Kier alpha value is -1.39. The van der Waals surface area contributed by atoms with Crippen LogP contribution >= 0.6 is 22.9 Å². The predicted octanol–water partition coefficient (Wildman–Crippen LogP) is 3.16. The Morgan fingerprint density at radius 3 is 2.72 bits per heavy atom. The van der Waals surface area contributed by atoms with E-state index in [1.165, 1.54) is 11.3 Å². The molecular formula is C13H13ClN2OS. The molecule has 1 unspecified atom stereocenters. The van der Waals surface area contributed by atoms with E-state index in [1.807, 2.05) is 37.3 Å². The highest BCUT2D eigenvalue weighted by Crippen LogP contribution is 2.15. The summed E-state index contributed by atoms with van der Waals surface area (Å²) in [5, 5.41) is 5.51. The summed E-state index contributed by atoms with van der Waals surface area (Å²) in [4.78, 5) is 16.1. The van der Waals surface area contributed by atoms with Crippen molar-refractivity contribution in [2.45, 2.75) is 13.0 Å². The molecule has 1 aromatic heterocycles. The van der Waals surface area contributed by atoms with E-state index in [2.05, 4.69) is 10.3 Å². The minimum atomic E-state index is -0.192. The van der Waals surface area contributed by atoms with Crippen molar-refractivity contribution in [1.29, 1.82) is 0 Å². The zero-order valence-electron chi connectivity index (χ0n) is 9.89. The molecule has 0 spiro atoms. The Morgan fingerprint density at radius 2 is 2.17 bits per heavy atom. The van der Waals surface area contributed by atoms with Crippen LogP contribution in [-0.2, 0) is 0 Å². The number of aromatic nitrogens is 1. The molecule has 0 aliphatic heterocycles. The van der Waals surface area contributed by atoms with Crippen molar-refractivity contribution >= 4 is 28.8 Å². The average molecular weight is 281 g/mol. The van der Waals surface area contributed by atoms with Crippen LogP contribution in [-0.4, -0.2) is 16.8 Å². The number of rotatable bonds is 4. The van der Waals surface area contributed by atoms with Crippen molar-refractivity contribution in [3.63, 3.8) is 0 Å². The van der Waals surface area contributed by atoms with Gasteiger partial charge in [-0.1, -0.05) is 30.3 Å². The Labute approximate surface area is 115 Å². The third-order valence-electron chi connectivity index (χ3n) is 2.51. The molecule has 0 saturated heterocycles. The van der Waals surface area contributed by atoms with E-state index in [4.69, 9.17) is 11.6 Å². The monoisotopic (exact) mass is 280 g/mol. The lowest BCUT2D eigenvalue weighted by Gasteiger charge is -2.15. The quantitative estimate of drug-likeness (QED) is 0.874. The molecule has 1 amide bonds. The Morgan fingerprint density at radius 1 is 1.44 bits per heavy atom. The SMILES string of the molecule is Cc1nc(C(=O)NC(CCl)c2ccccc2)cs1. The van der Waals surface area contributed by atoms with Gasteiger partial charge in [-0.3, -0.25) is 4.79 Å². The smallest absolute Gasteiger partial charge is 0.271 e. The molecule has 1 atom stereocenters. The predicted molar refractivity (Wildman–Crippen MR) is 74.2 cm³/mol. The number of halogens is 1. The van der Waals surface area contributed by atoms with Crippen LogP contribution in [0, 0.1) is 6.92 Å². The fourth-order valence-corrected chi connectivity index (χ4v) is 2.44. The van der Waals surface area contributed by atoms with Crippen LogP contribution < -0.4 is 5.32 Å². The van der Waals surface area contributed by atoms with Crippen LogP contribution in [0.4, 0.5) is 0 Å². The minimum Gasteiger partial charge on any atom is -0.343 e. The second-order valence-electron chi connectivity index (χ2n) is 3.84. The lowest BCUT2D eigenvalue weighted by molar-refractivity contribution is 0.0936. The van der Waals surface area contributed by atoms with Gasteiger partial charge in [0.15, 0.2) is 0 Å². The number of hydrogen-bond acceptors (Lipinski definition) is 3. The third kappa shape index (κ3) is 3.09. The van der Waals surface area contributed by atoms with Gasteiger partial charge in [0.2, 0.25) is 0 Å². The molecule has 94 valence electrons. The van der Waals surface area contributed by atoms with Crippen LogP contribution in [0.3, 0.4) is 0 Å². The molecule has 2 aromatic rings. The summed E-state index contributed by atoms with van der Waals surface area (Å²) in [6, 6.07) is 9.48. The lowest BCUT2D eigenvalue weighted by atomic mass is 10.1. The molecule has 1 aromatic carbocycles. The summed E-state index contributed by atoms with van der Waals surface area (Å²) in [5.41, 5.74) is 1.44. The molecular weight excluding hydrogens is 268 g/mol. The normalized spacial score (nSPS) is 12.1. The van der Waals surface area contributed by atoms with Gasteiger partial charge in [0.1, 0.15) is 5.69 Å². The fourth-order valence-electron chi connectivity index (χ4n) is 1.60. The van der Waals surface area contributed by atoms with Crippen LogP contribution in [0.2, 0.25) is 0 Å². The highest BCUT2D eigenvalue weighted by Gasteiger charge is 2.16. The van der Waals surface area contributed by atoms with Gasteiger partial charge in [-0.25, -0.2) is 4.98 Å². The van der Waals surface area contributed by atoms with Crippen LogP contribution in [0.15, 0.2) is 35.7 Å². The largest absolute Gasteiger partial charge is 0.343 e. The topological polar surface area (TPSA) is 42.0 Å². The molecule has 18 heavy (non-hydrogen) atoms. The van der Waals surface area contributed by atoms with Crippen molar-refractivity contribution in [3.8, 4) is 0 Å². The molecule has 5 heteroatoms. The second-order valence-corrected chi connectivity index (χ2v) is 5.21. The van der Waals surface area contributed by atoms with Gasteiger partial charge in [0.05, 0.1) is 11.0 Å². The maximum atomic E-state index is 12.0. The molecule has 0 saturated carbocycles. The number of alkyl halides is 1. The van der Waals surface area contributed by atoms with E-state index in [-0.39, 0.29) is 11.9 Å². The number of nitrogens with one attached hydrogen (secondary N) is 1. The summed E-state index contributed by atoms with van der Waals surface area (Å²) < 4.78 is 0. The Balaban J connectivity index is 2.10. The number of amides is 1. The van der Waals surface area contributed by atoms with Crippen LogP contribution in [0.25, 0.3) is 0 Å². The first-order chi connectivity index (χ1) is 8.70. The van der Waals surface area contributed by atoms with E-state index in [1.54, 1.807) is 5.38 Å². The number of carbonyl (C=O) groups excluding carboxylic acids is 1. The second kappa shape index (κ2) is 5.98. The van der Waals surface area contributed by atoms with Gasteiger partial charge in [-0.2, -0.15) is 0 Å². The highest BCUT2D eigenvalue weighted by molar-refractivity contribution is 7.09. The number of hydrogen-bond donors (Lipinski definition) is 1. The van der Waals surface area contributed by atoms with E-state index in [9.17, 15) is 4.79 Å². The van der Waals surface area contributed by atoms with Crippen molar-refractivity contribution < 1.29 is 4.79 Å². The van der Waals surface area contributed by atoms with Gasteiger partial charge in [0.25, 0.3) is 5.91 Å². The number of nitrogens with zero attached hydrogens (tertiary/aromatic N) is 1. The minimum absolute atomic E-state index is 0.186. The highest BCUT2D eigenvalue weighted by atomic mass is 35.5. The van der Waals surface area contributed by atoms with Gasteiger partial charge < -0.3 is 5.32 Å². The molecule has 0 fully saturated rings. The zero-order valence-corrected chi connectivity index (χ0v) is 11.5. The van der Waals surface area contributed by atoms with Crippen molar-refractivity contribution in [2.75, 3.05) is 5.88 Å². The summed E-state index contributed by atoms with van der Waals surface area (Å²) in [6.07, 6.45) is 0. The number of carbonyl (C=O) groups is 1. The molecule has 2 rings (SSSR count). The summed E-state index contributed by atoms with van der Waals surface area (Å²) in [6.45, 7) is 1.87. The molecule has 0 aliphatic carbocycles. The molecule has 0 bridgehead atoms. The van der Waals surface area contributed by atoms with E-state index in [0.29, 0.717) is 11.6 Å². The fraction of sp³-hybridized carbons (Fsp3) is 0.231. The van der Waals surface area contributed by atoms with Gasteiger partial charge in [0, 0.05) is 11.3 Å². The maximum absolute atomic E-state index is 12.0. The summed E-state index contributed by atoms with van der Waals surface area (Å²) >= 11 is 7.36. The number of aryl methyl sites for hydroxylation is 1. The Kier molecular flexibility index (Phi) is 4.33. The first kappa shape index (κ1) is 13.1. The lowest BCUT2D eigenvalue weighted by Crippen LogP contribution is -2.29. The van der Waals surface area contributed by atoms with E-state index in [0.717, 1.165) is 10.6 Å². The molecule has 1 heterocycles. The summed E-state index contributed by atoms with van der Waals surface area (Å²) in [7, 11) is 0. The van der Waals surface area contributed by atoms with Gasteiger partial charge in [-0.05, 0) is 12.5 Å². The maximum Gasteiger partial charge on any atom is 0.271 e. The van der Waals surface area contributed by atoms with Crippen molar-refractivity contribution in [2.24, 2.45) is 0 Å². The standard InChI is InChI=1S/C13H13ClN2OS/c1-9-15-12(8-18-9)13(17)16-11(7-14)10-5-3-2-4-6-10/h2-6,8,11H,7H2,1H3,(H,16,17). The van der Waals surface area contributed by atoms with Crippen LogP contribution in [0.5, 0.6) is 0 Å². The average Bonchev–Trinajstić information content (AvgIpc) is 2.83. The first-order valence-electron chi connectivity index (χ1n) is 5.54. The number of thiazole rings is 1. The zero-order chi connectivity index (χ0) is 13.0. The van der Waals surface area contributed by atoms with Gasteiger partial charge >= 0.3 is 0 Å². The Bertz CT molecular complexity index is 527. The number of benzene rings is 1. The molecule has 0 aliphatic rings. The van der Waals surface area contributed by atoms with E-state index < -0.39 is 0 Å². The van der Waals surface area contributed by atoms with Crippen molar-refractivity contribution in [3.05, 3.63) is 52.0 Å². The van der Waals surface area contributed by atoms with Gasteiger partial charge in [-0.15, -0.1) is 22.9 Å².